The number of aryl methyl sites for hydroxylation is 2. The first-order chi connectivity index (χ1) is 12.0. The van der Waals surface area contributed by atoms with Crippen molar-refractivity contribution in [3.63, 3.8) is 0 Å². The average molecular weight is 366 g/mol. The van der Waals surface area contributed by atoms with E-state index in [1.54, 1.807) is 18.8 Å². The smallest absolute Gasteiger partial charge is 0.313 e. The molecule has 0 N–H and O–H groups in total. The highest BCUT2D eigenvalue weighted by molar-refractivity contribution is 7.99. The minimum atomic E-state index is -0.330. The van der Waals surface area contributed by atoms with Gasteiger partial charge in [0.1, 0.15) is 0 Å². The number of nitrogens with zero attached hydrogens (tertiary/aromatic N) is 5. The van der Waals surface area contributed by atoms with Gasteiger partial charge in [0.15, 0.2) is 16.3 Å². The van der Waals surface area contributed by atoms with Gasteiger partial charge in [-0.2, -0.15) is 0 Å². The molecule has 7 nitrogen and oxygen atoms in total. The normalized spacial score (nSPS) is 16.0. The number of aromatic nitrogens is 4. The van der Waals surface area contributed by atoms with E-state index in [2.05, 4.69) is 16.8 Å². The minimum absolute atomic E-state index is 0.262. The van der Waals surface area contributed by atoms with Gasteiger partial charge in [0.2, 0.25) is 0 Å². The van der Waals surface area contributed by atoms with E-state index in [9.17, 15) is 9.59 Å². The van der Waals surface area contributed by atoms with Gasteiger partial charge in [0, 0.05) is 32.9 Å². The molecular formula is C17H27N5O2S. The van der Waals surface area contributed by atoms with E-state index >= 15 is 0 Å². The molecule has 138 valence electrons. The first-order valence-corrected chi connectivity index (χ1v) is 10.0. The molecule has 2 aromatic rings. The van der Waals surface area contributed by atoms with E-state index in [0.717, 1.165) is 30.4 Å². The van der Waals surface area contributed by atoms with Gasteiger partial charge < -0.3 is 9.47 Å². The predicted molar refractivity (Wildman–Crippen MR) is 102 cm³/mol. The summed E-state index contributed by atoms with van der Waals surface area (Å²) in [6.07, 6.45) is 4.83. The number of rotatable bonds is 6. The Hall–Kier alpha value is -1.54. The van der Waals surface area contributed by atoms with Crippen molar-refractivity contribution in [2.24, 2.45) is 14.1 Å². The van der Waals surface area contributed by atoms with Gasteiger partial charge in [-0.3, -0.25) is 13.9 Å². The second-order valence-corrected chi connectivity index (χ2v) is 7.74. The molecule has 1 saturated heterocycles. The van der Waals surface area contributed by atoms with Gasteiger partial charge in [-0.25, -0.2) is 9.78 Å². The highest BCUT2D eigenvalue weighted by Gasteiger charge is 2.19. The summed E-state index contributed by atoms with van der Waals surface area (Å²) >= 11 is 1.68. The summed E-state index contributed by atoms with van der Waals surface area (Å²) in [6.45, 7) is 6.22. The van der Waals surface area contributed by atoms with Gasteiger partial charge in [-0.1, -0.05) is 25.1 Å². The zero-order valence-corrected chi connectivity index (χ0v) is 16.1. The number of hydrogen-bond acceptors (Lipinski definition) is 5. The Morgan fingerprint density at radius 2 is 1.76 bits per heavy atom. The molecule has 0 amide bonds. The highest BCUT2D eigenvalue weighted by atomic mass is 32.2. The van der Waals surface area contributed by atoms with Crippen molar-refractivity contribution in [1.29, 1.82) is 0 Å². The Labute approximate surface area is 151 Å². The van der Waals surface area contributed by atoms with Crippen LogP contribution in [0.15, 0.2) is 14.7 Å². The monoisotopic (exact) mass is 365 g/mol. The Balaban J connectivity index is 1.90. The first-order valence-electron chi connectivity index (χ1n) is 9.06. The molecule has 0 unspecified atom stereocenters. The Morgan fingerprint density at radius 1 is 1.04 bits per heavy atom. The fourth-order valence-electron chi connectivity index (χ4n) is 3.42. The standard InChI is InChI=1S/C17H27N5O2S/c1-4-8-22-13-14(19(2)17(24)20(3)15(13)23)18-16(22)25-12-11-21-9-6-5-7-10-21/h4-12H2,1-3H3. The second kappa shape index (κ2) is 7.78. The summed E-state index contributed by atoms with van der Waals surface area (Å²) in [4.78, 5) is 31.9. The molecule has 1 fully saturated rings. The first kappa shape index (κ1) is 18.3. The lowest BCUT2D eigenvalue weighted by atomic mass is 10.1. The van der Waals surface area contributed by atoms with Crippen LogP contribution in [0.4, 0.5) is 0 Å². The van der Waals surface area contributed by atoms with Crippen LogP contribution in [0.2, 0.25) is 0 Å². The van der Waals surface area contributed by atoms with Crippen molar-refractivity contribution in [2.75, 3.05) is 25.4 Å². The molecule has 25 heavy (non-hydrogen) atoms. The maximum atomic E-state index is 12.6. The zero-order valence-electron chi connectivity index (χ0n) is 15.3. The maximum absolute atomic E-state index is 12.6. The summed E-state index contributed by atoms with van der Waals surface area (Å²) < 4.78 is 4.62. The van der Waals surface area contributed by atoms with Crippen molar-refractivity contribution in [3.05, 3.63) is 20.8 Å². The molecule has 2 aromatic heterocycles. The lowest BCUT2D eigenvalue weighted by Crippen LogP contribution is -2.37. The SMILES string of the molecule is CCCn1c(SCCN2CCCCC2)nc2c1c(=O)n(C)c(=O)n2C. The molecule has 0 saturated carbocycles. The number of thioether (sulfide) groups is 1. The fourth-order valence-corrected chi connectivity index (χ4v) is 4.44. The summed E-state index contributed by atoms with van der Waals surface area (Å²) in [5.41, 5.74) is 0.430. The summed E-state index contributed by atoms with van der Waals surface area (Å²) in [7, 11) is 3.20. The quantitative estimate of drug-likeness (QED) is 0.725. The molecule has 0 radical (unpaired) electrons. The van der Waals surface area contributed by atoms with Crippen LogP contribution in [0.1, 0.15) is 32.6 Å². The second-order valence-electron chi connectivity index (χ2n) is 6.67. The average Bonchev–Trinajstić information content (AvgIpc) is 2.98. The fraction of sp³-hybridized carbons (Fsp3) is 0.706. The molecule has 8 heteroatoms. The van der Waals surface area contributed by atoms with Crippen LogP contribution in [0.3, 0.4) is 0 Å². The minimum Gasteiger partial charge on any atom is -0.313 e. The molecule has 0 aliphatic carbocycles. The summed E-state index contributed by atoms with van der Waals surface area (Å²) in [6, 6.07) is 0. The molecule has 3 rings (SSSR count). The predicted octanol–water partition coefficient (Wildman–Crippen LogP) is 1.42. The van der Waals surface area contributed by atoms with Gasteiger partial charge in [0.25, 0.3) is 5.56 Å². The third-order valence-corrected chi connectivity index (χ3v) is 5.80. The third-order valence-electron chi connectivity index (χ3n) is 4.85. The van der Waals surface area contributed by atoms with E-state index in [1.165, 1.54) is 48.5 Å². The van der Waals surface area contributed by atoms with Crippen LogP contribution >= 0.6 is 11.8 Å². The topological polar surface area (TPSA) is 65.1 Å². The van der Waals surface area contributed by atoms with E-state index in [1.807, 2.05) is 4.57 Å². The Bertz CT molecular complexity index is 861. The van der Waals surface area contributed by atoms with Gasteiger partial charge in [0.05, 0.1) is 0 Å². The molecule has 1 aliphatic rings. The number of imidazole rings is 1. The lowest BCUT2D eigenvalue weighted by molar-refractivity contribution is 0.242. The molecule has 0 atom stereocenters. The molecule has 0 bridgehead atoms. The van der Waals surface area contributed by atoms with Gasteiger partial charge >= 0.3 is 5.69 Å². The van der Waals surface area contributed by atoms with Crippen molar-refractivity contribution in [1.82, 2.24) is 23.6 Å². The third kappa shape index (κ3) is 3.55. The molecule has 1 aliphatic heterocycles. The van der Waals surface area contributed by atoms with Crippen LogP contribution in [0, 0.1) is 0 Å². The molecular weight excluding hydrogens is 338 g/mol. The van der Waals surface area contributed by atoms with Crippen molar-refractivity contribution < 1.29 is 0 Å². The van der Waals surface area contributed by atoms with Crippen LogP contribution in [0.5, 0.6) is 0 Å². The van der Waals surface area contributed by atoms with Gasteiger partial charge in [-0.15, -0.1) is 0 Å². The van der Waals surface area contributed by atoms with E-state index < -0.39 is 0 Å². The number of likely N-dealkylation sites (tertiary alicyclic amines) is 1. The van der Waals surface area contributed by atoms with Crippen molar-refractivity contribution in [2.45, 2.75) is 44.3 Å². The lowest BCUT2D eigenvalue weighted by Gasteiger charge is -2.25. The van der Waals surface area contributed by atoms with Crippen LogP contribution in [-0.4, -0.2) is 49.0 Å². The van der Waals surface area contributed by atoms with Crippen LogP contribution in [0.25, 0.3) is 11.2 Å². The van der Waals surface area contributed by atoms with Crippen molar-refractivity contribution in [3.8, 4) is 0 Å². The molecule has 0 spiro atoms. The molecule has 3 heterocycles. The largest absolute Gasteiger partial charge is 0.332 e. The maximum Gasteiger partial charge on any atom is 0.332 e. The number of hydrogen-bond donors (Lipinski definition) is 0. The summed E-state index contributed by atoms with van der Waals surface area (Å²) in [5, 5.41) is 0.840. The summed E-state index contributed by atoms with van der Waals surface area (Å²) in [5.74, 6) is 0.946. The van der Waals surface area contributed by atoms with E-state index in [-0.39, 0.29) is 11.2 Å². The van der Waals surface area contributed by atoms with Gasteiger partial charge in [-0.05, 0) is 32.4 Å². The molecule has 0 aromatic carbocycles. The van der Waals surface area contributed by atoms with E-state index in [4.69, 9.17) is 0 Å². The van der Waals surface area contributed by atoms with Crippen molar-refractivity contribution >= 4 is 22.9 Å². The number of piperidine rings is 1. The van der Waals surface area contributed by atoms with E-state index in [0.29, 0.717) is 11.2 Å². The van der Waals surface area contributed by atoms with Crippen LogP contribution in [-0.2, 0) is 20.6 Å². The Kier molecular flexibility index (Phi) is 5.68. The Morgan fingerprint density at radius 3 is 2.44 bits per heavy atom. The zero-order chi connectivity index (χ0) is 18.0. The highest BCUT2D eigenvalue weighted by Crippen LogP contribution is 2.22. The van der Waals surface area contributed by atoms with Crippen LogP contribution < -0.4 is 11.2 Å². The number of fused-ring (bicyclic) bond motifs is 1.